The molecule has 5 rings (SSSR count). The van der Waals surface area contributed by atoms with Crippen LogP contribution < -0.4 is 10.2 Å². The van der Waals surface area contributed by atoms with E-state index in [9.17, 15) is 19.5 Å². The Morgan fingerprint density at radius 2 is 1.53 bits per heavy atom. The van der Waals surface area contributed by atoms with Crippen molar-refractivity contribution in [2.24, 2.45) is 0 Å². The molecular weight excluding hydrogens is 600 g/mol. The van der Waals surface area contributed by atoms with Gasteiger partial charge in [-0.15, -0.1) is 0 Å². The quantitative estimate of drug-likeness (QED) is 0.319. The Morgan fingerprint density at radius 3 is 2.19 bits per heavy atom. The summed E-state index contributed by atoms with van der Waals surface area (Å²) in [5.41, 5.74) is 1.28. The molecule has 12 nitrogen and oxygen atoms in total. The SMILES string of the molecule is CN(C(=O)C1CCCN1C(=O)OC(C)(C)C)c1ccc(-c2ccc3nc(NC(O)C4CCCN4C(=O)OC(C)(C)C)ccc3c2)cn1. The number of amides is 3. The molecule has 47 heavy (non-hydrogen) atoms. The van der Waals surface area contributed by atoms with E-state index in [1.807, 2.05) is 71.9 Å². The summed E-state index contributed by atoms with van der Waals surface area (Å²) in [4.78, 5) is 52.6. The van der Waals surface area contributed by atoms with Crippen LogP contribution in [0.4, 0.5) is 21.2 Å². The predicted molar refractivity (Wildman–Crippen MR) is 180 cm³/mol. The highest BCUT2D eigenvalue weighted by Crippen LogP contribution is 2.29. The number of likely N-dealkylation sites (N-methyl/N-ethyl adjacent to an activating group) is 1. The molecule has 252 valence electrons. The first-order valence-corrected chi connectivity index (χ1v) is 16.2. The molecule has 0 radical (unpaired) electrons. The van der Waals surface area contributed by atoms with Gasteiger partial charge in [0.2, 0.25) is 0 Å². The van der Waals surface area contributed by atoms with E-state index in [0.29, 0.717) is 37.6 Å². The minimum atomic E-state index is -1.00. The smallest absolute Gasteiger partial charge is 0.410 e. The molecule has 2 aliphatic rings. The van der Waals surface area contributed by atoms with Crippen molar-refractivity contribution >= 4 is 40.6 Å². The molecule has 2 N–H and O–H groups in total. The third kappa shape index (κ3) is 8.10. The van der Waals surface area contributed by atoms with Gasteiger partial charge >= 0.3 is 12.2 Å². The number of carbonyl (C=O) groups excluding carboxylic acids is 3. The van der Waals surface area contributed by atoms with Gasteiger partial charge in [-0.05, 0) is 109 Å². The maximum atomic E-state index is 13.4. The molecule has 4 heterocycles. The topological polar surface area (TPSA) is 137 Å². The zero-order chi connectivity index (χ0) is 34.1. The number of ether oxygens (including phenoxy) is 2. The summed E-state index contributed by atoms with van der Waals surface area (Å²) >= 11 is 0. The molecule has 2 saturated heterocycles. The second-order valence-corrected chi connectivity index (χ2v) is 14.2. The fraction of sp³-hybridized carbons (Fsp3) is 0.514. The van der Waals surface area contributed by atoms with Crippen molar-refractivity contribution in [3.05, 3.63) is 48.7 Å². The number of nitrogens with one attached hydrogen (secondary N) is 1. The first kappa shape index (κ1) is 33.9. The Hall–Kier alpha value is -4.45. The maximum Gasteiger partial charge on any atom is 0.410 e. The van der Waals surface area contributed by atoms with Crippen molar-refractivity contribution in [3.63, 3.8) is 0 Å². The average molecular weight is 647 g/mol. The number of fused-ring (bicyclic) bond motifs is 1. The van der Waals surface area contributed by atoms with Crippen LogP contribution in [0.3, 0.4) is 0 Å². The molecule has 1 aromatic carbocycles. The van der Waals surface area contributed by atoms with Crippen LogP contribution in [0, 0.1) is 0 Å². The summed E-state index contributed by atoms with van der Waals surface area (Å²) in [7, 11) is 1.67. The Kier molecular flexibility index (Phi) is 9.63. The van der Waals surface area contributed by atoms with Crippen LogP contribution in [0.25, 0.3) is 22.0 Å². The predicted octanol–water partition coefficient (Wildman–Crippen LogP) is 5.79. The van der Waals surface area contributed by atoms with Gasteiger partial charge in [0, 0.05) is 37.3 Å². The molecule has 3 atom stereocenters. The first-order valence-electron chi connectivity index (χ1n) is 16.2. The second-order valence-electron chi connectivity index (χ2n) is 14.2. The number of benzene rings is 1. The number of hydrogen-bond acceptors (Lipinski definition) is 9. The summed E-state index contributed by atoms with van der Waals surface area (Å²) in [6.07, 6.45) is 2.56. The number of aromatic nitrogens is 2. The number of aliphatic hydroxyl groups is 1. The van der Waals surface area contributed by atoms with Gasteiger partial charge in [-0.2, -0.15) is 0 Å². The number of rotatable bonds is 6. The Labute approximate surface area is 276 Å². The first-order chi connectivity index (χ1) is 22.1. The van der Waals surface area contributed by atoms with E-state index in [0.717, 1.165) is 34.9 Å². The molecule has 2 aromatic heterocycles. The van der Waals surface area contributed by atoms with Crippen molar-refractivity contribution in [2.45, 2.75) is 96.7 Å². The van der Waals surface area contributed by atoms with Gasteiger partial charge in [0.1, 0.15) is 35.1 Å². The minimum Gasteiger partial charge on any atom is -0.444 e. The molecule has 2 fully saturated rings. The second kappa shape index (κ2) is 13.3. The Balaban J connectivity index is 1.23. The molecule has 0 aliphatic carbocycles. The van der Waals surface area contributed by atoms with Crippen molar-refractivity contribution < 1.29 is 29.0 Å². The minimum absolute atomic E-state index is 0.203. The summed E-state index contributed by atoms with van der Waals surface area (Å²) in [5, 5.41) is 14.9. The highest BCUT2D eigenvalue weighted by Gasteiger charge is 2.39. The van der Waals surface area contributed by atoms with Crippen LogP contribution >= 0.6 is 0 Å². The van der Waals surface area contributed by atoms with Gasteiger partial charge in [0.05, 0.1) is 11.6 Å². The van der Waals surface area contributed by atoms with Gasteiger partial charge < -0.3 is 24.8 Å². The van der Waals surface area contributed by atoms with Crippen molar-refractivity contribution in [1.29, 1.82) is 0 Å². The van der Waals surface area contributed by atoms with E-state index in [-0.39, 0.29) is 5.91 Å². The van der Waals surface area contributed by atoms with E-state index < -0.39 is 41.7 Å². The zero-order valence-electron chi connectivity index (χ0n) is 28.3. The lowest BCUT2D eigenvalue weighted by Gasteiger charge is -2.31. The van der Waals surface area contributed by atoms with Crippen LogP contribution in [0.15, 0.2) is 48.7 Å². The largest absolute Gasteiger partial charge is 0.444 e. The fourth-order valence-electron chi connectivity index (χ4n) is 5.96. The number of hydrogen-bond donors (Lipinski definition) is 2. The van der Waals surface area contributed by atoms with Crippen LogP contribution in [-0.2, 0) is 14.3 Å². The summed E-state index contributed by atoms with van der Waals surface area (Å²) in [6, 6.07) is 12.3. The number of aliphatic hydroxyl groups excluding tert-OH is 1. The fourth-order valence-corrected chi connectivity index (χ4v) is 5.96. The lowest BCUT2D eigenvalue weighted by Crippen LogP contribution is -2.48. The van der Waals surface area contributed by atoms with Crippen molar-refractivity contribution in [3.8, 4) is 11.1 Å². The normalized spacial score (nSPS) is 19.1. The Morgan fingerprint density at radius 1 is 0.894 bits per heavy atom. The third-order valence-corrected chi connectivity index (χ3v) is 8.20. The van der Waals surface area contributed by atoms with Crippen LogP contribution in [-0.4, -0.2) is 92.6 Å². The number of likely N-dealkylation sites (tertiary alicyclic amines) is 2. The summed E-state index contributed by atoms with van der Waals surface area (Å²) < 4.78 is 11.0. The van der Waals surface area contributed by atoms with E-state index >= 15 is 0 Å². The van der Waals surface area contributed by atoms with Gasteiger partial charge in [0.15, 0.2) is 0 Å². The molecule has 2 aliphatic heterocycles. The third-order valence-electron chi connectivity index (χ3n) is 8.20. The average Bonchev–Trinajstić information content (AvgIpc) is 3.69. The number of nitrogens with zero attached hydrogens (tertiary/aromatic N) is 5. The highest BCUT2D eigenvalue weighted by molar-refractivity contribution is 5.98. The van der Waals surface area contributed by atoms with Crippen LogP contribution in [0.2, 0.25) is 0 Å². The maximum absolute atomic E-state index is 13.4. The highest BCUT2D eigenvalue weighted by atomic mass is 16.6. The number of carbonyl (C=O) groups is 3. The van der Waals surface area contributed by atoms with E-state index in [2.05, 4.69) is 15.3 Å². The number of pyridine rings is 2. The van der Waals surface area contributed by atoms with Gasteiger partial charge in [-0.25, -0.2) is 19.6 Å². The molecule has 12 heteroatoms. The standard InChI is InChI=1S/C35H46N6O6/c1-34(2,3)46-32(44)40-18-8-10-26(40)30(42)38-28-16-13-23-20-22(12-15-25(23)37-28)24-14-17-29(36-21-24)39(7)31(43)27-11-9-19-41(27)33(45)47-35(4,5)6/h12-17,20-21,26-27,30,42H,8-11,18-19H2,1-7H3,(H,37,38). The molecule has 3 amide bonds. The molecule has 3 unspecified atom stereocenters. The molecule has 0 spiro atoms. The monoisotopic (exact) mass is 646 g/mol. The molecule has 0 bridgehead atoms. The van der Waals surface area contributed by atoms with Crippen molar-refractivity contribution in [1.82, 2.24) is 19.8 Å². The zero-order valence-corrected chi connectivity index (χ0v) is 28.3. The summed E-state index contributed by atoms with van der Waals surface area (Å²) in [5.74, 6) is 0.782. The Bertz CT molecular complexity index is 1620. The molecular formula is C35H46N6O6. The van der Waals surface area contributed by atoms with Crippen LogP contribution in [0.1, 0.15) is 67.2 Å². The lowest BCUT2D eigenvalue weighted by atomic mass is 10.0. The van der Waals surface area contributed by atoms with Crippen LogP contribution in [0.5, 0.6) is 0 Å². The van der Waals surface area contributed by atoms with Gasteiger partial charge in [-0.1, -0.05) is 6.07 Å². The van der Waals surface area contributed by atoms with E-state index in [4.69, 9.17) is 9.47 Å². The van der Waals surface area contributed by atoms with E-state index in [1.165, 1.54) is 9.80 Å². The van der Waals surface area contributed by atoms with Gasteiger partial charge in [0.25, 0.3) is 5.91 Å². The molecule has 3 aromatic rings. The number of anilines is 2. The van der Waals surface area contributed by atoms with Gasteiger partial charge in [-0.3, -0.25) is 14.6 Å². The molecule has 0 saturated carbocycles. The van der Waals surface area contributed by atoms with Crippen molar-refractivity contribution in [2.75, 3.05) is 30.4 Å². The van der Waals surface area contributed by atoms with E-state index in [1.54, 1.807) is 30.3 Å². The lowest BCUT2D eigenvalue weighted by molar-refractivity contribution is -0.122. The summed E-state index contributed by atoms with van der Waals surface area (Å²) in [6.45, 7) is 11.9.